The molecule has 4 rings (SSSR count). The molecule has 1 aliphatic rings. The first kappa shape index (κ1) is 27.9. The third-order valence-corrected chi connectivity index (χ3v) is 6.84. The van der Waals surface area contributed by atoms with E-state index in [9.17, 15) is 13.2 Å². The molecular weight excluding hydrogens is 489 g/mol. The Morgan fingerprint density at radius 1 is 0.816 bits per heavy atom. The average molecular weight is 525 g/mol. The Kier molecular flexibility index (Phi) is 10.0. The van der Waals surface area contributed by atoms with Gasteiger partial charge in [0.25, 0.3) is 0 Å². The van der Waals surface area contributed by atoms with Crippen LogP contribution in [0.15, 0.2) is 67.3 Å². The molecule has 0 unspecified atom stereocenters. The average Bonchev–Trinajstić information content (AvgIpc) is 2.95. The Hall–Kier alpha value is -3.09. The van der Waals surface area contributed by atoms with Gasteiger partial charge < -0.3 is 14.2 Å². The summed E-state index contributed by atoms with van der Waals surface area (Å²) >= 11 is 0. The first-order valence-electron chi connectivity index (χ1n) is 13.4. The number of hydrogen-bond donors (Lipinski definition) is 0. The molecule has 0 atom stereocenters. The van der Waals surface area contributed by atoms with E-state index in [1.165, 1.54) is 37.5 Å². The smallest absolute Gasteiger partial charge is 0.201 e. The lowest BCUT2D eigenvalue weighted by atomic mass is 9.98. The van der Waals surface area contributed by atoms with E-state index in [4.69, 9.17) is 14.2 Å². The normalized spacial score (nSPS) is 17.4. The van der Waals surface area contributed by atoms with E-state index in [-0.39, 0.29) is 17.2 Å². The van der Waals surface area contributed by atoms with Gasteiger partial charge in [-0.2, -0.15) is 4.39 Å². The summed E-state index contributed by atoms with van der Waals surface area (Å²) < 4.78 is 61.2. The highest BCUT2D eigenvalue weighted by molar-refractivity contribution is 5.71. The summed E-state index contributed by atoms with van der Waals surface area (Å²) in [7, 11) is 0. The van der Waals surface area contributed by atoms with Crippen molar-refractivity contribution in [2.24, 2.45) is 5.92 Å². The molecule has 1 fully saturated rings. The first-order valence-corrected chi connectivity index (χ1v) is 13.4. The van der Waals surface area contributed by atoms with Crippen LogP contribution in [0, 0.1) is 23.4 Å². The zero-order valence-electron chi connectivity index (χ0n) is 21.9. The molecular formula is C32H35F3O3. The van der Waals surface area contributed by atoms with Crippen LogP contribution in [0.25, 0.3) is 22.3 Å². The highest BCUT2D eigenvalue weighted by Crippen LogP contribution is 2.33. The standard InChI is InChI=1S/C32H35F3O3/c1-3-5-6-7-8-9-18-36-29-17-16-26(30(34)31(29)35)24-12-10-23(11-13-24)25-14-15-27(28(33)19-25)32-37-20-22(4-2)21-38-32/h4,10-17,19,22,32H,2-3,5-9,18,20-21H2,1H3. The third-order valence-electron chi connectivity index (χ3n) is 6.84. The van der Waals surface area contributed by atoms with Crippen molar-refractivity contribution < 1.29 is 27.4 Å². The molecule has 1 aliphatic heterocycles. The minimum absolute atomic E-state index is 0.0714. The van der Waals surface area contributed by atoms with Crippen molar-refractivity contribution in [3.8, 4) is 28.0 Å². The number of rotatable bonds is 12. The number of hydrogen-bond acceptors (Lipinski definition) is 3. The Morgan fingerprint density at radius 3 is 2.16 bits per heavy atom. The fourth-order valence-corrected chi connectivity index (χ4v) is 4.50. The van der Waals surface area contributed by atoms with E-state index >= 15 is 0 Å². The molecule has 0 amide bonds. The summed E-state index contributed by atoms with van der Waals surface area (Å²) in [5.41, 5.74) is 2.40. The Bertz CT molecular complexity index is 1200. The van der Waals surface area contributed by atoms with Crippen LogP contribution in [0.3, 0.4) is 0 Å². The predicted octanol–water partition coefficient (Wildman–Crippen LogP) is 9.02. The Balaban J connectivity index is 1.39. The van der Waals surface area contributed by atoms with Gasteiger partial charge in [0.15, 0.2) is 17.9 Å². The molecule has 3 aromatic carbocycles. The summed E-state index contributed by atoms with van der Waals surface area (Å²) in [5.74, 6) is -2.34. The van der Waals surface area contributed by atoms with Crippen molar-refractivity contribution in [2.45, 2.75) is 51.7 Å². The van der Waals surface area contributed by atoms with Gasteiger partial charge in [0.05, 0.1) is 19.8 Å². The van der Waals surface area contributed by atoms with Gasteiger partial charge in [-0.25, -0.2) is 8.78 Å². The summed E-state index contributed by atoms with van der Waals surface area (Å²) in [5, 5.41) is 0. The third kappa shape index (κ3) is 6.86. The number of halogens is 3. The van der Waals surface area contributed by atoms with Gasteiger partial charge in [0.1, 0.15) is 5.82 Å². The van der Waals surface area contributed by atoms with E-state index in [1.807, 2.05) is 0 Å². The maximum atomic E-state index is 14.9. The molecule has 0 aromatic heterocycles. The minimum Gasteiger partial charge on any atom is -0.490 e. The second-order valence-corrected chi connectivity index (χ2v) is 9.66. The highest BCUT2D eigenvalue weighted by Gasteiger charge is 2.24. The van der Waals surface area contributed by atoms with Crippen LogP contribution in [-0.2, 0) is 9.47 Å². The molecule has 0 bridgehead atoms. The summed E-state index contributed by atoms with van der Waals surface area (Å²) in [6, 6.07) is 14.8. The highest BCUT2D eigenvalue weighted by atomic mass is 19.2. The predicted molar refractivity (Wildman–Crippen MR) is 144 cm³/mol. The van der Waals surface area contributed by atoms with Crippen LogP contribution in [0.4, 0.5) is 13.2 Å². The quantitative estimate of drug-likeness (QED) is 0.175. The van der Waals surface area contributed by atoms with Crippen LogP contribution < -0.4 is 4.74 Å². The van der Waals surface area contributed by atoms with Gasteiger partial charge in [-0.1, -0.05) is 81.5 Å². The second kappa shape index (κ2) is 13.6. The van der Waals surface area contributed by atoms with E-state index in [0.29, 0.717) is 36.5 Å². The molecule has 202 valence electrons. The zero-order chi connectivity index (χ0) is 26.9. The summed E-state index contributed by atoms with van der Waals surface area (Å²) in [4.78, 5) is 0. The fourth-order valence-electron chi connectivity index (χ4n) is 4.50. The largest absolute Gasteiger partial charge is 0.490 e. The molecule has 0 saturated carbocycles. The van der Waals surface area contributed by atoms with Crippen LogP contribution in [-0.4, -0.2) is 19.8 Å². The van der Waals surface area contributed by atoms with Crippen LogP contribution in [0.2, 0.25) is 0 Å². The van der Waals surface area contributed by atoms with Crippen molar-refractivity contribution in [3.05, 3.63) is 90.3 Å². The van der Waals surface area contributed by atoms with Gasteiger partial charge in [-0.15, -0.1) is 6.58 Å². The van der Waals surface area contributed by atoms with E-state index < -0.39 is 23.7 Å². The molecule has 0 N–H and O–H groups in total. The molecule has 6 heteroatoms. The number of ether oxygens (including phenoxy) is 3. The van der Waals surface area contributed by atoms with Crippen LogP contribution in [0.5, 0.6) is 5.75 Å². The SMILES string of the molecule is C=CC1COC(c2ccc(-c3ccc(-c4ccc(OCCCCCCCC)c(F)c4F)cc3)cc2F)OC1. The molecule has 3 nitrogen and oxygen atoms in total. The molecule has 0 spiro atoms. The minimum atomic E-state index is -0.984. The summed E-state index contributed by atoms with van der Waals surface area (Å²) in [6.45, 7) is 7.12. The lowest BCUT2D eigenvalue weighted by Crippen LogP contribution is -2.26. The zero-order valence-corrected chi connectivity index (χ0v) is 21.9. The lowest BCUT2D eigenvalue weighted by Gasteiger charge is -2.28. The Morgan fingerprint density at radius 2 is 1.47 bits per heavy atom. The number of benzene rings is 3. The van der Waals surface area contributed by atoms with Gasteiger partial charge in [0.2, 0.25) is 5.82 Å². The maximum Gasteiger partial charge on any atom is 0.201 e. The van der Waals surface area contributed by atoms with Gasteiger partial charge in [-0.05, 0) is 41.3 Å². The van der Waals surface area contributed by atoms with Gasteiger partial charge in [0, 0.05) is 17.0 Å². The first-order chi connectivity index (χ1) is 18.5. The number of unbranched alkanes of at least 4 members (excludes halogenated alkanes) is 5. The van der Waals surface area contributed by atoms with Crippen molar-refractivity contribution in [3.63, 3.8) is 0 Å². The Labute approximate surface area is 223 Å². The van der Waals surface area contributed by atoms with Crippen molar-refractivity contribution in [2.75, 3.05) is 19.8 Å². The lowest BCUT2D eigenvalue weighted by molar-refractivity contribution is -0.198. The topological polar surface area (TPSA) is 27.7 Å². The molecule has 0 aliphatic carbocycles. The molecule has 38 heavy (non-hydrogen) atoms. The van der Waals surface area contributed by atoms with Crippen molar-refractivity contribution in [1.82, 2.24) is 0 Å². The van der Waals surface area contributed by atoms with Gasteiger partial charge in [-0.3, -0.25) is 0 Å². The maximum absolute atomic E-state index is 14.9. The monoisotopic (exact) mass is 524 g/mol. The molecule has 1 heterocycles. The molecule has 1 saturated heterocycles. The van der Waals surface area contributed by atoms with E-state index in [1.54, 1.807) is 42.5 Å². The van der Waals surface area contributed by atoms with Crippen LogP contribution >= 0.6 is 0 Å². The second-order valence-electron chi connectivity index (χ2n) is 9.66. The fraction of sp³-hybridized carbons (Fsp3) is 0.375. The van der Waals surface area contributed by atoms with Gasteiger partial charge >= 0.3 is 0 Å². The van der Waals surface area contributed by atoms with Crippen molar-refractivity contribution in [1.29, 1.82) is 0 Å². The summed E-state index contributed by atoms with van der Waals surface area (Å²) in [6.07, 6.45) is 7.55. The molecule has 0 radical (unpaired) electrons. The molecule has 3 aromatic rings. The van der Waals surface area contributed by atoms with Crippen LogP contribution in [0.1, 0.15) is 57.3 Å². The van der Waals surface area contributed by atoms with E-state index in [2.05, 4.69) is 13.5 Å². The van der Waals surface area contributed by atoms with Crippen molar-refractivity contribution >= 4 is 0 Å². The van der Waals surface area contributed by atoms with E-state index in [0.717, 1.165) is 24.8 Å².